The van der Waals surface area contributed by atoms with Crippen LogP contribution in [0.15, 0.2) is 28.9 Å². The largest absolute Gasteiger partial charge is 0.465 e. The zero-order valence-electron chi connectivity index (χ0n) is 14.6. The molecule has 2 aromatic rings. The van der Waals surface area contributed by atoms with Gasteiger partial charge in [-0.1, -0.05) is 0 Å². The summed E-state index contributed by atoms with van der Waals surface area (Å²) < 4.78 is 13.5. The van der Waals surface area contributed by atoms with Gasteiger partial charge in [0.1, 0.15) is 11.5 Å². The smallest absolute Gasteiger partial charge is 0.287 e. The van der Waals surface area contributed by atoms with E-state index in [9.17, 15) is 4.79 Å². The Morgan fingerprint density at radius 3 is 3.04 bits per heavy atom. The number of hydrogen-bond donors (Lipinski definition) is 1. The van der Waals surface area contributed by atoms with E-state index in [0.29, 0.717) is 11.9 Å². The number of carbonyl (C=O) groups excluding carboxylic acids is 1. The molecule has 4 heterocycles. The number of ether oxygens (including phenoxy) is 1. The van der Waals surface area contributed by atoms with Crippen molar-refractivity contribution in [3.05, 3.63) is 41.9 Å². The van der Waals surface area contributed by atoms with Gasteiger partial charge >= 0.3 is 0 Å². The quantitative estimate of drug-likeness (QED) is 0.910. The minimum Gasteiger partial charge on any atom is -0.465 e. The van der Waals surface area contributed by atoms with Crippen molar-refractivity contribution in [1.82, 2.24) is 19.8 Å². The molecule has 7 heteroatoms. The van der Waals surface area contributed by atoms with E-state index in [1.54, 1.807) is 17.0 Å². The number of aromatic nitrogens is 2. The van der Waals surface area contributed by atoms with E-state index in [-0.39, 0.29) is 18.1 Å². The van der Waals surface area contributed by atoms with Crippen LogP contribution in [-0.2, 0) is 18.3 Å². The molecule has 2 aliphatic rings. The molecule has 0 spiro atoms. The van der Waals surface area contributed by atoms with Crippen LogP contribution in [0.2, 0.25) is 0 Å². The summed E-state index contributed by atoms with van der Waals surface area (Å²) in [5, 5.41) is 3.12. The fraction of sp³-hybridized carbons (Fsp3) is 0.556. The van der Waals surface area contributed by atoms with Gasteiger partial charge < -0.3 is 19.0 Å². The maximum Gasteiger partial charge on any atom is 0.287 e. The van der Waals surface area contributed by atoms with E-state index in [2.05, 4.69) is 15.2 Å². The molecule has 25 heavy (non-hydrogen) atoms. The zero-order chi connectivity index (χ0) is 17.4. The number of amides is 1. The summed E-state index contributed by atoms with van der Waals surface area (Å²) in [7, 11) is 1.82. The second-order valence-electron chi connectivity index (χ2n) is 6.93. The molecule has 4 rings (SSSR count). The number of hydrogen-bond acceptors (Lipinski definition) is 5. The molecule has 2 aliphatic heterocycles. The second kappa shape index (κ2) is 6.65. The Labute approximate surface area is 147 Å². The van der Waals surface area contributed by atoms with Crippen LogP contribution in [0.3, 0.4) is 0 Å². The van der Waals surface area contributed by atoms with Crippen LogP contribution in [0.25, 0.3) is 0 Å². The Balaban J connectivity index is 1.48. The summed E-state index contributed by atoms with van der Waals surface area (Å²) in [6.45, 7) is 4.21. The lowest BCUT2D eigenvalue weighted by molar-refractivity contribution is -0.0219. The predicted molar refractivity (Wildman–Crippen MR) is 91.1 cm³/mol. The topological polar surface area (TPSA) is 72.5 Å². The average Bonchev–Trinajstić information content (AvgIpc) is 3.29. The van der Waals surface area contributed by atoms with Crippen LogP contribution in [0.4, 0.5) is 0 Å². The zero-order valence-corrected chi connectivity index (χ0v) is 14.6. The molecule has 0 radical (unpaired) electrons. The predicted octanol–water partition coefficient (Wildman–Crippen LogP) is 1.48. The molecule has 1 N–H and O–H groups in total. The molecule has 0 unspecified atom stereocenters. The normalized spacial score (nSPS) is 26.6. The summed E-state index contributed by atoms with van der Waals surface area (Å²) in [6, 6.07) is 4.28. The number of likely N-dealkylation sites (tertiary alicyclic amines) is 1. The molecule has 2 saturated heterocycles. The molecule has 3 atom stereocenters. The van der Waals surface area contributed by atoms with Gasteiger partial charge in [-0.05, 0) is 31.9 Å². The highest BCUT2D eigenvalue weighted by atomic mass is 16.5. The van der Waals surface area contributed by atoms with Crippen LogP contribution in [-0.4, -0.2) is 51.7 Å². The van der Waals surface area contributed by atoms with E-state index in [1.165, 1.54) is 0 Å². The molecule has 0 bridgehead atoms. The van der Waals surface area contributed by atoms with Crippen LogP contribution >= 0.6 is 0 Å². The average molecular weight is 344 g/mol. The molecule has 0 aliphatic carbocycles. The van der Waals surface area contributed by atoms with Crippen molar-refractivity contribution in [1.29, 1.82) is 0 Å². The van der Waals surface area contributed by atoms with Gasteiger partial charge in [0.15, 0.2) is 5.82 Å². The third-order valence-corrected chi connectivity index (χ3v) is 5.13. The highest BCUT2D eigenvalue weighted by molar-refractivity contribution is 5.91. The van der Waals surface area contributed by atoms with Crippen LogP contribution in [0, 0.1) is 6.92 Å². The lowest BCUT2D eigenvalue weighted by Gasteiger charge is -2.32. The first-order chi connectivity index (χ1) is 12.1. The first-order valence-corrected chi connectivity index (χ1v) is 8.81. The van der Waals surface area contributed by atoms with Gasteiger partial charge in [-0.2, -0.15) is 0 Å². The van der Waals surface area contributed by atoms with E-state index < -0.39 is 0 Å². The van der Waals surface area contributed by atoms with Crippen LogP contribution in [0.5, 0.6) is 0 Å². The number of furan rings is 1. The highest BCUT2D eigenvalue weighted by Crippen LogP contribution is 2.30. The number of aryl methyl sites for hydroxylation is 2. The summed E-state index contributed by atoms with van der Waals surface area (Å²) in [6.07, 6.45) is 5.56. The van der Waals surface area contributed by atoms with Crippen molar-refractivity contribution in [3.63, 3.8) is 0 Å². The molecule has 0 aromatic carbocycles. The molecule has 2 fully saturated rings. The van der Waals surface area contributed by atoms with Crippen molar-refractivity contribution in [3.8, 4) is 0 Å². The van der Waals surface area contributed by atoms with Crippen molar-refractivity contribution in [2.24, 2.45) is 7.05 Å². The number of fused-ring (bicyclic) bond motifs is 1. The highest BCUT2D eigenvalue weighted by Gasteiger charge is 2.45. The maximum atomic E-state index is 12.5. The van der Waals surface area contributed by atoms with Gasteiger partial charge in [-0.3, -0.25) is 9.69 Å². The Kier molecular flexibility index (Phi) is 4.35. The van der Waals surface area contributed by atoms with Crippen molar-refractivity contribution < 1.29 is 13.9 Å². The lowest BCUT2D eigenvalue weighted by atomic mass is 10.0. The summed E-state index contributed by atoms with van der Waals surface area (Å²) >= 11 is 0. The van der Waals surface area contributed by atoms with Crippen LogP contribution in [0.1, 0.15) is 35.0 Å². The third-order valence-electron chi connectivity index (χ3n) is 5.13. The molecule has 0 saturated carbocycles. The molecule has 7 nitrogen and oxygen atoms in total. The molecule has 134 valence electrons. The Hall–Kier alpha value is -2.12. The molecular formula is C18H24N4O3. The summed E-state index contributed by atoms with van der Waals surface area (Å²) in [4.78, 5) is 19.0. The molecule has 1 amide bonds. The number of imidazole rings is 1. The first kappa shape index (κ1) is 16.4. The Morgan fingerprint density at radius 1 is 1.44 bits per heavy atom. The van der Waals surface area contributed by atoms with E-state index in [1.807, 2.05) is 26.1 Å². The lowest BCUT2D eigenvalue weighted by Crippen LogP contribution is -2.48. The van der Waals surface area contributed by atoms with E-state index in [0.717, 1.165) is 44.1 Å². The monoisotopic (exact) mass is 344 g/mol. The van der Waals surface area contributed by atoms with Crippen molar-refractivity contribution >= 4 is 5.91 Å². The van der Waals surface area contributed by atoms with Gasteiger partial charge in [0, 0.05) is 38.6 Å². The second-order valence-corrected chi connectivity index (χ2v) is 6.93. The fourth-order valence-corrected chi connectivity index (χ4v) is 3.95. The van der Waals surface area contributed by atoms with Gasteiger partial charge in [0.25, 0.3) is 5.91 Å². The van der Waals surface area contributed by atoms with Crippen molar-refractivity contribution in [2.45, 2.75) is 44.5 Å². The third kappa shape index (κ3) is 3.21. The van der Waals surface area contributed by atoms with Crippen molar-refractivity contribution in [2.75, 3.05) is 13.2 Å². The summed E-state index contributed by atoms with van der Waals surface area (Å²) in [5.41, 5.74) is 0. The first-order valence-electron chi connectivity index (χ1n) is 8.81. The van der Waals surface area contributed by atoms with E-state index in [4.69, 9.17) is 9.15 Å². The Bertz CT molecular complexity index is 753. The van der Waals surface area contributed by atoms with Crippen LogP contribution < -0.4 is 5.32 Å². The summed E-state index contributed by atoms with van der Waals surface area (Å²) in [5.74, 6) is 2.15. The van der Waals surface area contributed by atoms with E-state index >= 15 is 0 Å². The SMILES string of the molecule is Cc1ccc(CN2C[C@H](NC(=O)c3nccn3C)[C@H]3OCCC[C@H]32)o1. The van der Waals surface area contributed by atoms with Gasteiger partial charge in [0.2, 0.25) is 0 Å². The minimum absolute atomic E-state index is 0.0222. The number of nitrogens with zero attached hydrogens (tertiary/aromatic N) is 3. The number of nitrogens with one attached hydrogen (secondary N) is 1. The van der Waals surface area contributed by atoms with Gasteiger partial charge in [-0.25, -0.2) is 4.98 Å². The number of carbonyl (C=O) groups is 1. The number of rotatable bonds is 4. The van der Waals surface area contributed by atoms with Gasteiger partial charge in [-0.15, -0.1) is 0 Å². The molecular weight excluding hydrogens is 320 g/mol. The fourth-order valence-electron chi connectivity index (χ4n) is 3.95. The molecule has 2 aromatic heterocycles. The standard InChI is InChI=1S/C18H24N4O3/c1-12-5-6-13(25-12)10-22-11-14(16-15(22)4-3-9-24-16)20-18(23)17-19-7-8-21(17)2/h5-8,14-16H,3-4,9-11H2,1-2H3,(H,20,23)/t14-,15+,16+/m0/s1. The van der Waals surface area contributed by atoms with Gasteiger partial charge in [0.05, 0.1) is 18.7 Å². The Morgan fingerprint density at radius 2 is 2.32 bits per heavy atom. The minimum atomic E-state index is -0.152. The maximum absolute atomic E-state index is 12.5.